The van der Waals surface area contributed by atoms with Crippen LogP contribution in [0.4, 0.5) is 5.69 Å². The van der Waals surface area contributed by atoms with Crippen molar-refractivity contribution in [1.29, 1.82) is 0 Å². The van der Waals surface area contributed by atoms with Gasteiger partial charge >= 0.3 is 0 Å². The minimum Gasteiger partial charge on any atom is -0.388 e. The Morgan fingerprint density at radius 2 is 2.37 bits per heavy atom. The van der Waals surface area contributed by atoms with E-state index < -0.39 is 6.10 Å². The fourth-order valence-corrected chi connectivity index (χ4v) is 3.30. The lowest BCUT2D eigenvalue weighted by molar-refractivity contribution is 0.178. The molecule has 100 valence electrons. The van der Waals surface area contributed by atoms with Crippen LogP contribution in [0, 0.1) is 0 Å². The first-order valence-corrected chi connectivity index (χ1v) is 7.52. The molecule has 1 unspecified atom stereocenters. The van der Waals surface area contributed by atoms with E-state index in [4.69, 9.17) is 0 Å². The van der Waals surface area contributed by atoms with Crippen LogP contribution in [0.5, 0.6) is 0 Å². The van der Waals surface area contributed by atoms with Crippen LogP contribution in [0.15, 0.2) is 29.8 Å². The van der Waals surface area contributed by atoms with Crippen LogP contribution in [0.25, 0.3) is 0 Å². The van der Waals surface area contributed by atoms with Gasteiger partial charge in [0.05, 0.1) is 11.1 Å². The molecule has 0 spiro atoms. The largest absolute Gasteiger partial charge is 0.388 e. The number of aromatic nitrogens is 1. The van der Waals surface area contributed by atoms with Gasteiger partial charge in [-0.15, -0.1) is 11.3 Å². The van der Waals surface area contributed by atoms with Crippen molar-refractivity contribution in [3.05, 3.63) is 45.9 Å². The number of benzene rings is 1. The van der Waals surface area contributed by atoms with Gasteiger partial charge in [-0.2, -0.15) is 0 Å². The van der Waals surface area contributed by atoms with E-state index in [0.29, 0.717) is 6.42 Å². The fraction of sp³-hybridized carbons (Fsp3) is 0.400. The molecule has 3 nitrogen and oxygen atoms in total. The van der Waals surface area contributed by atoms with Crippen LogP contribution < -0.4 is 4.90 Å². The fourth-order valence-electron chi connectivity index (χ4n) is 2.65. The number of hydrogen-bond donors (Lipinski definition) is 1. The second-order valence-corrected chi connectivity index (χ2v) is 6.04. The summed E-state index contributed by atoms with van der Waals surface area (Å²) in [7, 11) is 2.13. The Balaban J connectivity index is 1.81. The van der Waals surface area contributed by atoms with E-state index in [9.17, 15) is 5.11 Å². The molecule has 1 N–H and O–H groups in total. The Kier molecular flexibility index (Phi) is 3.53. The van der Waals surface area contributed by atoms with Gasteiger partial charge in [0, 0.05) is 37.3 Å². The summed E-state index contributed by atoms with van der Waals surface area (Å²) in [5.41, 5.74) is 3.66. The number of aliphatic hydroxyl groups is 1. The highest BCUT2D eigenvalue weighted by molar-refractivity contribution is 7.09. The lowest BCUT2D eigenvalue weighted by Gasteiger charge is -2.28. The quantitative estimate of drug-likeness (QED) is 0.935. The molecule has 0 aliphatic carbocycles. The SMILES string of the molecule is CN1CCCc2cc(C(O)Cc3nccs3)ccc21. The zero-order valence-electron chi connectivity index (χ0n) is 11.0. The summed E-state index contributed by atoms with van der Waals surface area (Å²) >= 11 is 1.60. The van der Waals surface area contributed by atoms with Crippen LogP contribution in [-0.4, -0.2) is 23.7 Å². The maximum atomic E-state index is 10.3. The second kappa shape index (κ2) is 5.31. The maximum Gasteiger partial charge on any atom is 0.0954 e. The monoisotopic (exact) mass is 274 g/mol. The molecule has 0 fully saturated rings. The highest BCUT2D eigenvalue weighted by atomic mass is 32.1. The molecule has 0 saturated heterocycles. The average molecular weight is 274 g/mol. The number of thiazole rings is 1. The summed E-state index contributed by atoms with van der Waals surface area (Å²) in [4.78, 5) is 6.52. The van der Waals surface area contributed by atoms with E-state index >= 15 is 0 Å². The molecular weight excluding hydrogens is 256 g/mol. The molecule has 0 saturated carbocycles. The third-order valence-electron chi connectivity index (χ3n) is 3.69. The van der Waals surface area contributed by atoms with Crippen LogP contribution in [0.1, 0.15) is 28.7 Å². The molecule has 1 aromatic carbocycles. The van der Waals surface area contributed by atoms with Gasteiger partial charge in [-0.25, -0.2) is 4.98 Å². The van der Waals surface area contributed by atoms with Crippen molar-refractivity contribution in [1.82, 2.24) is 4.98 Å². The van der Waals surface area contributed by atoms with Crippen molar-refractivity contribution in [3.63, 3.8) is 0 Å². The molecule has 1 aromatic heterocycles. The minimum absolute atomic E-state index is 0.455. The molecule has 1 aliphatic heterocycles. The molecule has 19 heavy (non-hydrogen) atoms. The number of rotatable bonds is 3. The molecular formula is C15H18N2OS. The van der Waals surface area contributed by atoms with Gasteiger partial charge < -0.3 is 10.0 Å². The molecule has 0 bridgehead atoms. The van der Waals surface area contributed by atoms with Crippen LogP contribution in [0.2, 0.25) is 0 Å². The molecule has 1 aliphatic rings. The van der Waals surface area contributed by atoms with Crippen LogP contribution in [0.3, 0.4) is 0 Å². The lowest BCUT2D eigenvalue weighted by atomic mass is 9.97. The predicted octanol–water partition coefficient (Wildman–Crippen LogP) is 2.80. The summed E-state index contributed by atoms with van der Waals surface area (Å²) in [6, 6.07) is 6.33. The second-order valence-electron chi connectivity index (χ2n) is 5.06. The van der Waals surface area contributed by atoms with Gasteiger partial charge in [0.25, 0.3) is 0 Å². The smallest absolute Gasteiger partial charge is 0.0954 e. The molecule has 2 aromatic rings. The molecule has 0 radical (unpaired) electrons. The first-order chi connectivity index (χ1) is 9.24. The normalized spacial score (nSPS) is 16.2. The Morgan fingerprint density at radius 1 is 1.47 bits per heavy atom. The molecule has 3 rings (SSSR count). The van der Waals surface area contributed by atoms with Crippen molar-refractivity contribution >= 4 is 17.0 Å². The van der Waals surface area contributed by atoms with E-state index in [2.05, 4.69) is 29.1 Å². The van der Waals surface area contributed by atoms with Gasteiger partial charge in [0.2, 0.25) is 0 Å². The van der Waals surface area contributed by atoms with E-state index in [1.807, 2.05) is 11.4 Å². The minimum atomic E-state index is -0.455. The van der Waals surface area contributed by atoms with E-state index in [-0.39, 0.29) is 0 Å². The van der Waals surface area contributed by atoms with E-state index in [1.165, 1.54) is 17.7 Å². The first kappa shape index (κ1) is 12.6. The van der Waals surface area contributed by atoms with Gasteiger partial charge in [-0.1, -0.05) is 12.1 Å². The van der Waals surface area contributed by atoms with E-state index in [1.54, 1.807) is 17.5 Å². The zero-order valence-corrected chi connectivity index (χ0v) is 11.9. The number of hydrogen-bond acceptors (Lipinski definition) is 4. The Hall–Kier alpha value is -1.39. The topological polar surface area (TPSA) is 36.4 Å². The van der Waals surface area contributed by atoms with Crippen LogP contribution in [-0.2, 0) is 12.8 Å². The summed E-state index contributed by atoms with van der Waals surface area (Å²) in [6.45, 7) is 1.12. The molecule has 0 amide bonds. The average Bonchev–Trinajstić information content (AvgIpc) is 2.91. The van der Waals surface area contributed by atoms with Gasteiger partial charge in [0.15, 0.2) is 0 Å². The Morgan fingerprint density at radius 3 is 3.16 bits per heavy atom. The third-order valence-corrected chi connectivity index (χ3v) is 4.49. The van der Waals surface area contributed by atoms with Gasteiger partial charge in [0.1, 0.15) is 0 Å². The predicted molar refractivity (Wildman–Crippen MR) is 78.8 cm³/mol. The number of fused-ring (bicyclic) bond motifs is 1. The summed E-state index contributed by atoms with van der Waals surface area (Å²) in [5.74, 6) is 0. The first-order valence-electron chi connectivity index (χ1n) is 6.64. The number of anilines is 1. The zero-order chi connectivity index (χ0) is 13.2. The lowest BCUT2D eigenvalue weighted by Crippen LogP contribution is -2.24. The Labute approximate surface area is 117 Å². The standard InChI is InChI=1S/C15H18N2OS/c1-17-7-2-3-11-9-12(4-5-13(11)17)14(18)10-15-16-6-8-19-15/h4-6,8-9,14,18H,2-3,7,10H2,1H3. The molecule has 2 heterocycles. The summed E-state index contributed by atoms with van der Waals surface area (Å²) in [5, 5.41) is 13.2. The number of nitrogens with zero attached hydrogens (tertiary/aromatic N) is 2. The molecule has 1 atom stereocenters. The number of aliphatic hydroxyl groups excluding tert-OH is 1. The van der Waals surface area contributed by atoms with Gasteiger partial charge in [-0.05, 0) is 30.0 Å². The van der Waals surface area contributed by atoms with Crippen molar-refractivity contribution in [3.8, 4) is 0 Å². The van der Waals surface area contributed by atoms with Crippen molar-refractivity contribution in [2.45, 2.75) is 25.4 Å². The van der Waals surface area contributed by atoms with Gasteiger partial charge in [-0.3, -0.25) is 0 Å². The summed E-state index contributed by atoms with van der Waals surface area (Å²) in [6.07, 6.45) is 4.23. The van der Waals surface area contributed by atoms with Crippen molar-refractivity contribution in [2.75, 3.05) is 18.5 Å². The third kappa shape index (κ3) is 2.65. The molecule has 4 heteroatoms. The Bertz CT molecular complexity index is 553. The highest BCUT2D eigenvalue weighted by Gasteiger charge is 2.17. The van der Waals surface area contributed by atoms with Crippen molar-refractivity contribution < 1.29 is 5.11 Å². The van der Waals surface area contributed by atoms with Crippen LogP contribution >= 0.6 is 11.3 Å². The summed E-state index contributed by atoms with van der Waals surface area (Å²) < 4.78 is 0. The number of aryl methyl sites for hydroxylation is 1. The van der Waals surface area contributed by atoms with E-state index in [0.717, 1.165) is 23.5 Å². The maximum absolute atomic E-state index is 10.3. The highest BCUT2D eigenvalue weighted by Crippen LogP contribution is 2.29. The van der Waals surface area contributed by atoms with Crippen molar-refractivity contribution in [2.24, 2.45) is 0 Å².